The fourth-order valence-electron chi connectivity index (χ4n) is 4.10. The number of hydrogen-bond donors (Lipinski definition) is 2. The Morgan fingerprint density at radius 3 is 2.21 bits per heavy atom. The number of carbonyl (C=O) groups is 2. The Kier molecular flexibility index (Phi) is 3.18. The second-order valence-electron chi connectivity index (χ2n) is 6.98. The van der Waals surface area contributed by atoms with E-state index in [1.807, 2.05) is 20.8 Å². The van der Waals surface area contributed by atoms with Crippen LogP contribution in [0, 0.1) is 17.3 Å². The Morgan fingerprint density at radius 2 is 1.74 bits per heavy atom. The van der Waals surface area contributed by atoms with Crippen LogP contribution in [0.1, 0.15) is 53.4 Å². The highest BCUT2D eigenvalue weighted by molar-refractivity contribution is 5.95. The number of Topliss-reactive ketones (excluding diaryl/α,β-unsaturated/α-hetero) is 2. The lowest BCUT2D eigenvalue weighted by Gasteiger charge is -2.50. The molecule has 1 spiro atoms. The van der Waals surface area contributed by atoms with Gasteiger partial charge in [-0.3, -0.25) is 9.59 Å². The smallest absolute Gasteiger partial charge is 0.165 e. The highest BCUT2D eigenvalue weighted by Crippen LogP contribution is 2.59. The van der Waals surface area contributed by atoms with Crippen molar-refractivity contribution in [3.05, 3.63) is 0 Å². The van der Waals surface area contributed by atoms with Crippen molar-refractivity contribution in [2.75, 3.05) is 0 Å². The lowest BCUT2D eigenvalue weighted by Crippen LogP contribution is -2.59. The van der Waals surface area contributed by atoms with Crippen LogP contribution >= 0.6 is 0 Å². The van der Waals surface area contributed by atoms with Crippen LogP contribution in [0.5, 0.6) is 0 Å². The van der Waals surface area contributed by atoms with Gasteiger partial charge in [-0.25, -0.2) is 0 Å². The van der Waals surface area contributed by atoms with Crippen LogP contribution in [0.2, 0.25) is 0 Å². The number of carbonyl (C=O) groups excluding carboxylic acids is 2. The molecule has 0 bridgehead atoms. The summed E-state index contributed by atoms with van der Waals surface area (Å²) in [6.07, 6.45) is 1.26. The molecule has 4 heteroatoms. The Labute approximate surface area is 114 Å². The number of aliphatic hydroxyl groups is 2. The summed E-state index contributed by atoms with van der Waals surface area (Å²) in [5.41, 5.74) is -3.44. The van der Waals surface area contributed by atoms with E-state index in [-0.39, 0.29) is 29.8 Å². The first kappa shape index (κ1) is 14.7. The fourth-order valence-corrected chi connectivity index (χ4v) is 4.10. The summed E-state index contributed by atoms with van der Waals surface area (Å²) in [5, 5.41) is 21.0. The van der Waals surface area contributed by atoms with Crippen LogP contribution in [-0.4, -0.2) is 33.0 Å². The Hall–Kier alpha value is -0.740. The summed E-state index contributed by atoms with van der Waals surface area (Å²) < 4.78 is 0. The van der Waals surface area contributed by atoms with Gasteiger partial charge < -0.3 is 10.2 Å². The molecule has 0 aliphatic heterocycles. The maximum Gasteiger partial charge on any atom is 0.165 e. The quantitative estimate of drug-likeness (QED) is 0.755. The van der Waals surface area contributed by atoms with Crippen molar-refractivity contribution in [3.63, 3.8) is 0 Å². The van der Waals surface area contributed by atoms with Crippen molar-refractivity contribution >= 4 is 11.6 Å². The van der Waals surface area contributed by atoms with Crippen LogP contribution in [0.4, 0.5) is 0 Å². The molecule has 2 rings (SSSR count). The van der Waals surface area contributed by atoms with Crippen molar-refractivity contribution in [1.29, 1.82) is 0 Å². The first-order chi connectivity index (χ1) is 8.58. The lowest BCUT2D eigenvalue weighted by atomic mass is 9.56. The molecule has 0 heterocycles. The standard InChI is InChI=1S/C15H24O4/c1-9(2)15(19)11(16)7-10(3)14(15)6-5-13(4,18)12(17)8-14/h9-10,18-19H,5-8H2,1-4H3. The third-order valence-electron chi connectivity index (χ3n) is 5.59. The molecule has 4 atom stereocenters. The van der Waals surface area contributed by atoms with E-state index in [1.165, 1.54) is 6.92 Å². The summed E-state index contributed by atoms with van der Waals surface area (Å²) in [6, 6.07) is 0. The zero-order valence-electron chi connectivity index (χ0n) is 12.2. The van der Waals surface area contributed by atoms with Gasteiger partial charge in [0.1, 0.15) is 11.2 Å². The Morgan fingerprint density at radius 1 is 1.16 bits per heavy atom. The molecule has 2 N–H and O–H groups in total. The molecule has 0 saturated heterocycles. The van der Waals surface area contributed by atoms with E-state index in [9.17, 15) is 19.8 Å². The second kappa shape index (κ2) is 4.13. The highest BCUT2D eigenvalue weighted by atomic mass is 16.3. The minimum Gasteiger partial charge on any atom is -0.382 e. The van der Waals surface area contributed by atoms with Gasteiger partial charge in [0, 0.05) is 18.3 Å². The van der Waals surface area contributed by atoms with Crippen LogP contribution < -0.4 is 0 Å². The molecule has 2 saturated carbocycles. The van der Waals surface area contributed by atoms with E-state index in [0.29, 0.717) is 19.3 Å². The summed E-state index contributed by atoms with van der Waals surface area (Å²) in [4.78, 5) is 24.4. The SMILES string of the molecule is CC1CC(=O)C(O)(C(C)C)C12CCC(C)(O)C(=O)C2. The van der Waals surface area contributed by atoms with Crippen LogP contribution in [0.3, 0.4) is 0 Å². The zero-order valence-corrected chi connectivity index (χ0v) is 12.2. The molecular weight excluding hydrogens is 244 g/mol. The first-order valence-electron chi connectivity index (χ1n) is 7.09. The van der Waals surface area contributed by atoms with E-state index in [0.717, 1.165) is 0 Å². The molecule has 0 aromatic carbocycles. The van der Waals surface area contributed by atoms with Gasteiger partial charge in [0.2, 0.25) is 0 Å². The summed E-state index contributed by atoms with van der Waals surface area (Å²) in [5.74, 6) is -0.642. The van der Waals surface area contributed by atoms with Crippen molar-refractivity contribution < 1.29 is 19.8 Å². The largest absolute Gasteiger partial charge is 0.382 e. The molecule has 4 unspecified atom stereocenters. The van der Waals surface area contributed by atoms with E-state index in [1.54, 1.807) is 0 Å². The monoisotopic (exact) mass is 268 g/mol. The minimum atomic E-state index is -1.43. The Bertz CT molecular complexity index is 426. The zero-order chi connectivity index (χ0) is 14.6. The number of rotatable bonds is 1. The topological polar surface area (TPSA) is 74.6 Å². The van der Waals surface area contributed by atoms with E-state index < -0.39 is 16.6 Å². The van der Waals surface area contributed by atoms with Gasteiger partial charge in [-0.05, 0) is 31.6 Å². The highest BCUT2D eigenvalue weighted by Gasteiger charge is 2.66. The maximum atomic E-state index is 12.3. The van der Waals surface area contributed by atoms with Gasteiger partial charge in [-0.1, -0.05) is 20.8 Å². The van der Waals surface area contributed by atoms with E-state index in [4.69, 9.17) is 0 Å². The van der Waals surface area contributed by atoms with Crippen LogP contribution in [0.15, 0.2) is 0 Å². The molecule has 2 fully saturated rings. The molecule has 108 valence electrons. The molecule has 4 nitrogen and oxygen atoms in total. The fraction of sp³-hybridized carbons (Fsp3) is 0.867. The molecule has 2 aliphatic carbocycles. The van der Waals surface area contributed by atoms with E-state index in [2.05, 4.69) is 0 Å². The van der Waals surface area contributed by atoms with Crippen LogP contribution in [0.25, 0.3) is 0 Å². The predicted octanol–water partition coefficient (Wildman–Crippen LogP) is 1.47. The third-order valence-corrected chi connectivity index (χ3v) is 5.59. The minimum absolute atomic E-state index is 0.0209. The maximum absolute atomic E-state index is 12.3. The molecule has 0 amide bonds. The first-order valence-corrected chi connectivity index (χ1v) is 7.09. The molecular formula is C15H24O4. The van der Waals surface area contributed by atoms with Gasteiger partial charge >= 0.3 is 0 Å². The number of ketones is 2. The van der Waals surface area contributed by atoms with E-state index >= 15 is 0 Å². The summed E-state index contributed by atoms with van der Waals surface area (Å²) in [6.45, 7) is 7.12. The van der Waals surface area contributed by atoms with Gasteiger partial charge in [-0.15, -0.1) is 0 Å². The van der Waals surface area contributed by atoms with Gasteiger partial charge in [0.05, 0.1) is 0 Å². The molecule has 0 aromatic heterocycles. The average Bonchev–Trinajstić information content (AvgIpc) is 2.47. The molecule has 19 heavy (non-hydrogen) atoms. The summed E-state index contributed by atoms with van der Waals surface area (Å²) in [7, 11) is 0. The normalized spacial score (nSPS) is 47.4. The Balaban J connectivity index is 2.47. The van der Waals surface area contributed by atoms with Crippen LogP contribution in [-0.2, 0) is 9.59 Å². The van der Waals surface area contributed by atoms with Crippen molar-refractivity contribution in [1.82, 2.24) is 0 Å². The molecule has 2 aliphatic rings. The van der Waals surface area contributed by atoms with Crippen molar-refractivity contribution in [2.45, 2.75) is 64.6 Å². The lowest BCUT2D eigenvalue weighted by molar-refractivity contribution is -0.174. The van der Waals surface area contributed by atoms with Crippen molar-refractivity contribution in [2.24, 2.45) is 17.3 Å². The summed E-state index contributed by atoms with van der Waals surface area (Å²) >= 11 is 0. The number of hydrogen-bond acceptors (Lipinski definition) is 4. The van der Waals surface area contributed by atoms with Gasteiger partial charge in [0.15, 0.2) is 11.6 Å². The van der Waals surface area contributed by atoms with Crippen molar-refractivity contribution in [3.8, 4) is 0 Å². The molecule has 0 radical (unpaired) electrons. The molecule has 0 aromatic rings. The second-order valence-corrected chi connectivity index (χ2v) is 6.98. The predicted molar refractivity (Wildman–Crippen MR) is 70.5 cm³/mol. The average molecular weight is 268 g/mol. The van der Waals surface area contributed by atoms with Gasteiger partial charge in [0.25, 0.3) is 0 Å². The third kappa shape index (κ3) is 1.73. The van der Waals surface area contributed by atoms with Gasteiger partial charge in [-0.2, -0.15) is 0 Å².